The second-order valence-electron chi connectivity index (χ2n) is 5.80. The maximum atomic E-state index is 13.2. The average Bonchev–Trinajstić information content (AvgIpc) is 2.27. The highest BCUT2D eigenvalue weighted by Crippen LogP contribution is 2.45. The van der Waals surface area contributed by atoms with Crippen LogP contribution in [0.1, 0.15) is 51.1 Å². The van der Waals surface area contributed by atoms with Crippen molar-refractivity contribution in [2.24, 2.45) is 17.1 Å². The van der Waals surface area contributed by atoms with Gasteiger partial charge in [-0.1, -0.05) is 26.7 Å². The van der Waals surface area contributed by atoms with Gasteiger partial charge in [0.2, 0.25) is 0 Å². The van der Waals surface area contributed by atoms with Gasteiger partial charge in [-0.3, -0.25) is 4.98 Å². The summed E-state index contributed by atoms with van der Waals surface area (Å²) in [6.07, 6.45) is 7.75. The summed E-state index contributed by atoms with van der Waals surface area (Å²) < 4.78 is 13.2. The molecule has 1 heterocycles. The Morgan fingerprint density at radius 3 is 2.82 bits per heavy atom. The zero-order valence-electron chi connectivity index (χ0n) is 10.6. The minimum atomic E-state index is -0.299. The number of aromatic nitrogens is 1. The first kappa shape index (κ1) is 12.5. The van der Waals surface area contributed by atoms with Gasteiger partial charge in [0.05, 0.1) is 6.20 Å². The molecule has 1 aromatic rings. The predicted molar refractivity (Wildman–Crippen MR) is 66.9 cm³/mol. The molecule has 2 rings (SSSR count). The molecule has 2 nitrogen and oxygen atoms in total. The van der Waals surface area contributed by atoms with Crippen molar-refractivity contribution in [1.29, 1.82) is 0 Å². The molecule has 2 unspecified atom stereocenters. The normalized spacial score (nSPS) is 25.5. The molecule has 1 aliphatic carbocycles. The predicted octanol–water partition coefficient (Wildman–Crippen LogP) is 3.44. The summed E-state index contributed by atoms with van der Waals surface area (Å²) in [5.41, 5.74) is 7.37. The zero-order chi connectivity index (χ0) is 12.5. The molecular weight excluding hydrogens is 215 g/mol. The van der Waals surface area contributed by atoms with Crippen molar-refractivity contribution in [1.82, 2.24) is 4.98 Å². The van der Waals surface area contributed by atoms with Crippen LogP contribution in [-0.2, 0) is 0 Å². The van der Waals surface area contributed by atoms with Crippen LogP contribution >= 0.6 is 0 Å². The summed E-state index contributed by atoms with van der Waals surface area (Å²) in [7, 11) is 0. The third-order valence-electron chi connectivity index (χ3n) is 4.13. The Morgan fingerprint density at radius 2 is 2.18 bits per heavy atom. The Hall–Kier alpha value is -0.960. The lowest BCUT2D eigenvalue weighted by Crippen LogP contribution is -2.36. The van der Waals surface area contributed by atoms with Crippen molar-refractivity contribution in [3.63, 3.8) is 0 Å². The van der Waals surface area contributed by atoms with E-state index in [2.05, 4.69) is 18.8 Å². The number of rotatable bonds is 2. The van der Waals surface area contributed by atoms with Crippen LogP contribution in [0.25, 0.3) is 0 Å². The highest BCUT2D eigenvalue weighted by atomic mass is 19.1. The van der Waals surface area contributed by atoms with Gasteiger partial charge in [0.1, 0.15) is 5.82 Å². The Labute approximate surface area is 102 Å². The van der Waals surface area contributed by atoms with Crippen LogP contribution in [0.4, 0.5) is 4.39 Å². The van der Waals surface area contributed by atoms with E-state index in [1.54, 1.807) is 6.20 Å². The Bertz CT molecular complexity index is 390. The smallest absolute Gasteiger partial charge is 0.141 e. The first-order valence-corrected chi connectivity index (χ1v) is 6.37. The molecule has 3 heteroatoms. The molecule has 17 heavy (non-hydrogen) atoms. The summed E-state index contributed by atoms with van der Waals surface area (Å²) in [6, 6.07) is 1.41. The fourth-order valence-corrected chi connectivity index (χ4v) is 3.03. The number of halogens is 1. The van der Waals surface area contributed by atoms with Crippen LogP contribution in [0.15, 0.2) is 18.5 Å². The van der Waals surface area contributed by atoms with Crippen LogP contribution < -0.4 is 5.73 Å². The summed E-state index contributed by atoms with van der Waals surface area (Å²) in [5.74, 6) is 0.117. The van der Waals surface area contributed by atoms with Crippen LogP contribution in [0, 0.1) is 17.2 Å². The van der Waals surface area contributed by atoms with Crippen molar-refractivity contribution in [2.75, 3.05) is 0 Å². The molecule has 0 aromatic carbocycles. The van der Waals surface area contributed by atoms with E-state index in [0.29, 0.717) is 5.92 Å². The summed E-state index contributed by atoms with van der Waals surface area (Å²) in [6.45, 7) is 4.53. The molecule has 0 aliphatic heterocycles. The van der Waals surface area contributed by atoms with Crippen molar-refractivity contribution in [2.45, 2.75) is 45.6 Å². The minimum Gasteiger partial charge on any atom is -0.324 e. The van der Waals surface area contributed by atoms with Crippen LogP contribution in [-0.4, -0.2) is 4.98 Å². The molecule has 0 radical (unpaired) electrons. The largest absolute Gasteiger partial charge is 0.324 e. The van der Waals surface area contributed by atoms with E-state index in [-0.39, 0.29) is 17.3 Å². The number of nitrogens with zero attached hydrogens (tertiary/aromatic N) is 1. The maximum absolute atomic E-state index is 13.2. The lowest BCUT2D eigenvalue weighted by molar-refractivity contribution is 0.112. The number of hydrogen-bond donors (Lipinski definition) is 1. The van der Waals surface area contributed by atoms with Crippen LogP contribution in [0.5, 0.6) is 0 Å². The van der Waals surface area contributed by atoms with E-state index < -0.39 is 0 Å². The second-order valence-corrected chi connectivity index (χ2v) is 5.80. The Morgan fingerprint density at radius 1 is 1.41 bits per heavy atom. The van der Waals surface area contributed by atoms with Gasteiger partial charge in [0.25, 0.3) is 0 Å². The van der Waals surface area contributed by atoms with Gasteiger partial charge in [-0.2, -0.15) is 0 Å². The Kier molecular flexibility index (Phi) is 3.48. The standard InChI is InChI=1S/C14H21FN2/c1-14(2)6-4-3-5-12(14)13(16)10-7-11(15)9-17-8-10/h7-9,12-13H,3-6,16H2,1-2H3. The quantitative estimate of drug-likeness (QED) is 0.854. The SMILES string of the molecule is CC1(C)CCCCC1C(N)c1cncc(F)c1. The van der Waals surface area contributed by atoms with E-state index in [9.17, 15) is 4.39 Å². The van der Waals surface area contributed by atoms with Gasteiger partial charge in [0.15, 0.2) is 0 Å². The van der Waals surface area contributed by atoms with E-state index in [0.717, 1.165) is 12.0 Å². The fraction of sp³-hybridized carbons (Fsp3) is 0.643. The molecule has 0 bridgehead atoms. The zero-order valence-corrected chi connectivity index (χ0v) is 10.6. The highest BCUT2D eigenvalue weighted by Gasteiger charge is 2.36. The topological polar surface area (TPSA) is 38.9 Å². The third-order valence-corrected chi connectivity index (χ3v) is 4.13. The monoisotopic (exact) mass is 236 g/mol. The van der Waals surface area contributed by atoms with Gasteiger partial charge >= 0.3 is 0 Å². The molecule has 0 spiro atoms. The molecule has 2 atom stereocenters. The van der Waals surface area contributed by atoms with Crippen LogP contribution in [0.3, 0.4) is 0 Å². The van der Waals surface area contributed by atoms with Crippen molar-refractivity contribution >= 4 is 0 Å². The van der Waals surface area contributed by atoms with E-state index in [1.807, 2.05) is 0 Å². The first-order valence-electron chi connectivity index (χ1n) is 6.37. The second kappa shape index (κ2) is 4.73. The maximum Gasteiger partial charge on any atom is 0.141 e. The molecule has 1 fully saturated rings. The van der Waals surface area contributed by atoms with Gasteiger partial charge < -0.3 is 5.73 Å². The van der Waals surface area contributed by atoms with Crippen molar-refractivity contribution in [3.8, 4) is 0 Å². The summed E-state index contributed by atoms with van der Waals surface area (Å²) in [4.78, 5) is 3.89. The highest BCUT2D eigenvalue weighted by molar-refractivity contribution is 5.16. The van der Waals surface area contributed by atoms with Gasteiger partial charge in [-0.15, -0.1) is 0 Å². The van der Waals surface area contributed by atoms with E-state index in [4.69, 9.17) is 5.73 Å². The van der Waals surface area contributed by atoms with Gasteiger partial charge in [-0.05, 0) is 35.8 Å². The van der Waals surface area contributed by atoms with E-state index >= 15 is 0 Å². The summed E-state index contributed by atoms with van der Waals surface area (Å²) >= 11 is 0. The summed E-state index contributed by atoms with van der Waals surface area (Å²) in [5, 5.41) is 0. The van der Waals surface area contributed by atoms with Crippen molar-refractivity contribution in [3.05, 3.63) is 29.8 Å². The molecule has 1 aliphatic rings. The lowest BCUT2D eigenvalue weighted by Gasteiger charge is -2.42. The minimum absolute atomic E-state index is 0.103. The lowest BCUT2D eigenvalue weighted by atomic mass is 9.65. The first-order chi connectivity index (χ1) is 8.00. The fourth-order valence-electron chi connectivity index (χ4n) is 3.03. The van der Waals surface area contributed by atoms with Gasteiger partial charge in [-0.25, -0.2) is 4.39 Å². The third kappa shape index (κ3) is 2.65. The Balaban J connectivity index is 2.21. The number of nitrogens with two attached hydrogens (primary N) is 1. The van der Waals surface area contributed by atoms with Crippen molar-refractivity contribution < 1.29 is 4.39 Å². The molecular formula is C14H21FN2. The molecule has 1 aromatic heterocycles. The van der Waals surface area contributed by atoms with Crippen LogP contribution in [0.2, 0.25) is 0 Å². The molecule has 94 valence electrons. The number of hydrogen-bond acceptors (Lipinski definition) is 2. The average molecular weight is 236 g/mol. The van der Waals surface area contributed by atoms with E-state index in [1.165, 1.54) is 31.5 Å². The van der Waals surface area contributed by atoms with Gasteiger partial charge in [0, 0.05) is 12.2 Å². The molecule has 2 N–H and O–H groups in total. The molecule has 0 amide bonds. The molecule has 0 saturated heterocycles. The molecule has 1 saturated carbocycles. The number of pyridine rings is 1.